The van der Waals surface area contributed by atoms with Gasteiger partial charge in [-0.25, -0.2) is 4.98 Å². The van der Waals surface area contributed by atoms with Gasteiger partial charge < -0.3 is 9.72 Å². The third kappa shape index (κ3) is 2.67. The highest BCUT2D eigenvalue weighted by Gasteiger charge is 2.10. The van der Waals surface area contributed by atoms with Crippen molar-refractivity contribution < 1.29 is 4.74 Å². The first kappa shape index (κ1) is 15.4. The molecule has 5 heteroatoms. The lowest BCUT2D eigenvalue weighted by Crippen LogP contribution is -2.24. The number of nitrogens with zero attached hydrogens (tertiary/aromatic N) is 2. The number of aryl methyl sites for hydroxylation is 2. The van der Waals surface area contributed by atoms with Crippen molar-refractivity contribution in [2.45, 2.75) is 19.9 Å². The molecule has 0 atom stereocenters. The summed E-state index contributed by atoms with van der Waals surface area (Å²) >= 11 is 0. The maximum absolute atomic E-state index is 12.8. The Labute approximate surface area is 144 Å². The van der Waals surface area contributed by atoms with Crippen molar-refractivity contribution in [3.05, 3.63) is 70.4 Å². The lowest BCUT2D eigenvalue weighted by molar-refractivity contribution is 0.415. The van der Waals surface area contributed by atoms with Crippen molar-refractivity contribution in [2.24, 2.45) is 0 Å². The minimum atomic E-state index is 0.0144. The molecule has 0 amide bonds. The van der Waals surface area contributed by atoms with Gasteiger partial charge >= 0.3 is 0 Å². The lowest BCUT2D eigenvalue weighted by Gasteiger charge is -2.10. The molecule has 0 fully saturated rings. The molecule has 4 rings (SSSR count). The highest BCUT2D eigenvalue weighted by atomic mass is 16.5. The van der Waals surface area contributed by atoms with E-state index in [4.69, 9.17) is 4.74 Å². The number of benzene rings is 2. The summed E-state index contributed by atoms with van der Waals surface area (Å²) in [5.74, 6) is 1.56. The van der Waals surface area contributed by atoms with E-state index in [2.05, 4.69) is 9.97 Å². The molecular weight excluding hydrogens is 314 g/mol. The average Bonchev–Trinajstić information content (AvgIpc) is 3.03. The van der Waals surface area contributed by atoms with Gasteiger partial charge in [0, 0.05) is 23.6 Å². The number of para-hydroxylation sites is 1. The molecule has 0 radical (unpaired) electrons. The molecule has 4 aromatic rings. The number of H-pyrrole nitrogens is 1. The zero-order chi connectivity index (χ0) is 17.4. The Bertz CT molecular complexity index is 1120. The van der Waals surface area contributed by atoms with Crippen LogP contribution < -0.4 is 10.3 Å². The van der Waals surface area contributed by atoms with E-state index < -0.39 is 0 Å². The summed E-state index contributed by atoms with van der Waals surface area (Å²) in [7, 11) is 1.66. The summed E-state index contributed by atoms with van der Waals surface area (Å²) in [6, 6.07) is 13.4. The van der Waals surface area contributed by atoms with E-state index in [-0.39, 0.29) is 5.56 Å². The molecule has 0 bridgehead atoms. The van der Waals surface area contributed by atoms with Crippen LogP contribution in [0.1, 0.15) is 11.4 Å². The van der Waals surface area contributed by atoms with Gasteiger partial charge in [0.05, 0.1) is 18.0 Å². The second kappa shape index (κ2) is 6.09. The van der Waals surface area contributed by atoms with Gasteiger partial charge in [0.25, 0.3) is 5.56 Å². The molecular formula is C20H19N3O2. The van der Waals surface area contributed by atoms with E-state index in [0.29, 0.717) is 11.9 Å². The smallest absolute Gasteiger partial charge is 0.261 e. The Morgan fingerprint density at radius 3 is 2.84 bits per heavy atom. The fourth-order valence-corrected chi connectivity index (χ4v) is 3.27. The third-order valence-electron chi connectivity index (χ3n) is 4.63. The maximum atomic E-state index is 12.8. The van der Waals surface area contributed by atoms with Crippen molar-refractivity contribution in [3.8, 4) is 5.75 Å². The van der Waals surface area contributed by atoms with E-state index in [9.17, 15) is 4.79 Å². The van der Waals surface area contributed by atoms with Crippen molar-refractivity contribution in [2.75, 3.05) is 7.11 Å². The molecule has 0 saturated carbocycles. The summed E-state index contributed by atoms with van der Waals surface area (Å²) in [6.45, 7) is 2.47. The largest absolute Gasteiger partial charge is 0.497 e. The van der Waals surface area contributed by atoms with Crippen molar-refractivity contribution in [1.82, 2.24) is 14.5 Å². The number of ether oxygens (including phenoxy) is 1. The second-order valence-corrected chi connectivity index (χ2v) is 6.11. The zero-order valence-corrected chi connectivity index (χ0v) is 14.2. The van der Waals surface area contributed by atoms with Crippen LogP contribution in [0.3, 0.4) is 0 Å². The molecule has 0 spiro atoms. The fraction of sp³-hybridized carbons (Fsp3) is 0.200. The Balaban J connectivity index is 1.70. The molecule has 126 valence electrons. The van der Waals surface area contributed by atoms with E-state index in [1.807, 2.05) is 55.6 Å². The van der Waals surface area contributed by atoms with Gasteiger partial charge in [0.1, 0.15) is 11.6 Å². The Kier molecular flexibility index (Phi) is 3.76. The monoisotopic (exact) mass is 333 g/mol. The predicted octanol–water partition coefficient (Wildman–Crippen LogP) is 3.44. The van der Waals surface area contributed by atoms with Crippen LogP contribution in [0.25, 0.3) is 21.8 Å². The SMILES string of the molecule is COc1ccc2[nH]cc(CCn3c(C)nc4ccccc4c3=O)c2c1. The number of aromatic nitrogens is 3. The van der Waals surface area contributed by atoms with Gasteiger partial charge in [-0.15, -0.1) is 0 Å². The minimum Gasteiger partial charge on any atom is -0.497 e. The molecule has 2 aromatic heterocycles. The lowest BCUT2D eigenvalue weighted by atomic mass is 10.1. The molecule has 0 unspecified atom stereocenters. The molecule has 0 saturated heterocycles. The summed E-state index contributed by atoms with van der Waals surface area (Å²) < 4.78 is 7.07. The Hall–Kier alpha value is -3.08. The topological polar surface area (TPSA) is 59.9 Å². The van der Waals surface area contributed by atoms with E-state index >= 15 is 0 Å². The second-order valence-electron chi connectivity index (χ2n) is 6.11. The molecule has 25 heavy (non-hydrogen) atoms. The van der Waals surface area contributed by atoms with Crippen LogP contribution in [0.5, 0.6) is 5.75 Å². The van der Waals surface area contributed by atoms with Crippen molar-refractivity contribution >= 4 is 21.8 Å². The number of hydrogen-bond donors (Lipinski definition) is 1. The number of aromatic amines is 1. The van der Waals surface area contributed by atoms with Gasteiger partial charge in [-0.3, -0.25) is 9.36 Å². The predicted molar refractivity (Wildman–Crippen MR) is 99.3 cm³/mol. The Morgan fingerprint density at radius 1 is 1.16 bits per heavy atom. The molecule has 0 aliphatic carbocycles. The van der Waals surface area contributed by atoms with Gasteiger partial charge in [0.2, 0.25) is 0 Å². The quantitative estimate of drug-likeness (QED) is 0.622. The third-order valence-corrected chi connectivity index (χ3v) is 4.63. The minimum absolute atomic E-state index is 0.0144. The number of nitrogens with one attached hydrogen (secondary N) is 1. The first-order chi connectivity index (χ1) is 12.2. The average molecular weight is 333 g/mol. The number of fused-ring (bicyclic) bond motifs is 2. The normalized spacial score (nSPS) is 11.3. The van der Waals surface area contributed by atoms with Crippen LogP contribution in [0, 0.1) is 6.92 Å². The Morgan fingerprint density at radius 2 is 2.00 bits per heavy atom. The number of rotatable bonds is 4. The van der Waals surface area contributed by atoms with Crippen LogP contribution >= 0.6 is 0 Å². The summed E-state index contributed by atoms with van der Waals surface area (Å²) in [4.78, 5) is 20.6. The van der Waals surface area contributed by atoms with Gasteiger partial charge in [-0.1, -0.05) is 12.1 Å². The van der Waals surface area contributed by atoms with Crippen LogP contribution in [0.15, 0.2) is 53.5 Å². The maximum Gasteiger partial charge on any atom is 0.261 e. The van der Waals surface area contributed by atoms with Crippen molar-refractivity contribution in [3.63, 3.8) is 0 Å². The van der Waals surface area contributed by atoms with E-state index in [1.54, 1.807) is 11.7 Å². The zero-order valence-electron chi connectivity index (χ0n) is 14.2. The van der Waals surface area contributed by atoms with Crippen LogP contribution in [-0.2, 0) is 13.0 Å². The fourth-order valence-electron chi connectivity index (χ4n) is 3.27. The molecule has 5 nitrogen and oxygen atoms in total. The number of methoxy groups -OCH3 is 1. The highest BCUT2D eigenvalue weighted by Crippen LogP contribution is 2.24. The van der Waals surface area contributed by atoms with Crippen molar-refractivity contribution in [1.29, 1.82) is 0 Å². The molecule has 1 N–H and O–H groups in total. The molecule has 0 aliphatic rings. The molecule has 2 heterocycles. The standard InChI is InChI=1S/C20H19N3O2/c1-13-22-19-6-4-3-5-16(19)20(24)23(13)10-9-14-12-21-18-8-7-15(25-2)11-17(14)18/h3-8,11-12,21H,9-10H2,1-2H3. The first-order valence-electron chi connectivity index (χ1n) is 8.27. The van der Waals surface area contributed by atoms with Gasteiger partial charge in [0.15, 0.2) is 0 Å². The van der Waals surface area contributed by atoms with Crippen LogP contribution in [0.4, 0.5) is 0 Å². The summed E-state index contributed by atoms with van der Waals surface area (Å²) in [6.07, 6.45) is 2.74. The van der Waals surface area contributed by atoms with E-state index in [0.717, 1.165) is 40.0 Å². The van der Waals surface area contributed by atoms with Crippen LogP contribution in [-0.4, -0.2) is 21.6 Å². The first-order valence-corrected chi connectivity index (χ1v) is 8.27. The summed E-state index contributed by atoms with van der Waals surface area (Å²) in [5.41, 5.74) is 2.99. The van der Waals surface area contributed by atoms with Crippen LogP contribution in [0.2, 0.25) is 0 Å². The van der Waals surface area contributed by atoms with Gasteiger partial charge in [-0.05, 0) is 49.2 Å². The number of hydrogen-bond acceptors (Lipinski definition) is 3. The molecule has 0 aliphatic heterocycles. The summed E-state index contributed by atoms with van der Waals surface area (Å²) in [5, 5.41) is 1.78. The molecule has 2 aromatic carbocycles. The van der Waals surface area contributed by atoms with E-state index in [1.165, 1.54) is 0 Å². The highest BCUT2D eigenvalue weighted by molar-refractivity contribution is 5.84. The van der Waals surface area contributed by atoms with Gasteiger partial charge in [-0.2, -0.15) is 0 Å².